The molecule has 0 aromatic heterocycles. The molecular formula is C32H34N2O2. The molecule has 36 heavy (non-hydrogen) atoms. The first-order valence-corrected chi connectivity index (χ1v) is 12.9. The lowest BCUT2D eigenvalue weighted by atomic mass is 9.96. The number of aryl methyl sites for hydroxylation is 1. The van der Waals surface area contributed by atoms with Gasteiger partial charge < -0.3 is 10.1 Å². The average Bonchev–Trinajstić information content (AvgIpc) is 2.92. The van der Waals surface area contributed by atoms with Crippen LogP contribution in [0.4, 0.5) is 0 Å². The van der Waals surface area contributed by atoms with Crippen LogP contribution in [0.5, 0.6) is 0 Å². The summed E-state index contributed by atoms with van der Waals surface area (Å²) in [6.45, 7) is 8.76. The molecular weight excluding hydrogens is 444 g/mol. The highest BCUT2D eigenvalue weighted by atomic mass is 16.5. The number of rotatable bonds is 7. The molecule has 0 bridgehead atoms. The first-order valence-electron chi connectivity index (χ1n) is 12.9. The quantitative estimate of drug-likeness (QED) is 0.345. The minimum Gasteiger partial charge on any atom is -0.379 e. The SMILES string of the molecule is Cc1ccc(-c2cccc(CCN3CCOCC3)c2)cc1C(=O)N[C@H](C)c1cccc2ccccc12. The summed E-state index contributed by atoms with van der Waals surface area (Å²) in [6.07, 6.45) is 1.01. The molecule has 4 heteroatoms. The number of carbonyl (C=O) groups excluding carboxylic acids is 1. The maximum Gasteiger partial charge on any atom is 0.252 e. The third-order valence-corrected chi connectivity index (χ3v) is 7.20. The highest BCUT2D eigenvalue weighted by Crippen LogP contribution is 2.27. The summed E-state index contributed by atoms with van der Waals surface area (Å²) < 4.78 is 5.46. The number of ether oxygens (including phenoxy) is 1. The molecule has 1 aliphatic heterocycles. The van der Waals surface area contributed by atoms with Gasteiger partial charge >= 0.3 is 0 Å². The predicted octanol–water partition coefficient (Wildman–Crippen LogP) is 6.18. The third kappa shape index (κ3) is 5.51. The van der Waals surface area contributed by atoms with Crippen LogP contribution in [-0.4, -0.2) is 43.7 Å². The smallest absolute Gasteiger partial charge is 0.252 e. The zero-order valence-corrected chi connectivity index (χ0v) is 21.2. The normalized spacial score (nSPS) is 15.1. The van der Waals surface area contributed by atoms with Gasteiger partial charge in [0.15, 0.2) is 0 Å². The van der Waals surface area contributed by atoms with Crippen molar-refractivity contribution in [3.63, 3.8) is 0 Å². The van der Waals surface area contributed by atoms with Gasteiger partial charge in [-0.15, -0.1) is 0 Å². The van der Waals surface area contributed by atoms with Gasteiger partial charge in [0.2, 0.25) is 0 Å². The van der Waals surface area contributed by atoms with Crippen molar-refractivity contribution in [2.45, 2.75) is 26.3 Å². The fourth-order valence-electron chi connectivity index (χ4n) is 5.04. The van der Waals surface area contributed by atoms with Gasteiger partial charge in [-0.3, -0.25) is 9.69 Å². The standard InChI is InChI=1S/C32H34N2O2/c1-23-13-14-28(27-10-5-7-25(21-27)15-16-34-17-19-36-20-18-34)22-31(23)32(35)33-24(2)29-12-6-9-26-8-3-4-11-30(26)29/h3-14,21-22,24H,15-20H2,1-2H3,(H,33,35)/t24-/m1/s1. The van der Waals surface area contributed by atoms with Gasteiger partial charge in [-0.25, -0.2) is 0 Å². The fourth-order valence-corrected chi connectivity index (χ4v) is 5.04. The van der Waals surface area contributed by atoms with Gasteiger partial charge in [0, 0.05) is 25.2 Å². The summed E-state index contributed by atoms with van der Waals surface area (Å²) in [5.74, 6) is -0.0433. The molecule has 0 unspecified atom stereocenters. The van der Waals surface area contributed by atoms with Crippen molar-refractivity contribution in [2.24, 2.45) is 0 Å². The number of hydrogen-bond donors (Lipinski definition) is 1. The van der Waals surface area contributed by atoms with Crippen molar-refractivity contribution in [1.29, 1.82) is 0 Å². The van der Waals surface area contributed by atoms with Crippen molar-refractivity contribution in [2.75, 3.05) is 32.8 Å². The van der Waals surface area contributed by atoms with Crippen molar-refractivity contribution >= 4 is 16.7 Å². The van der Waals surface area contributed by atoms with E-state index in [0.717, 1.165) is 67.1 Å². The minimum absolute atomic E-state index is 0.0433. The lowest BCUT2D eigenvalue weighted by Crippen LogP contribution is -2.37. The van der Waals surface area contributed by atoms with Crippen LogP contribution in [0.25, 0.3) is 21.9 Å². The van der Waals surface area contributed by atoms with E-state index in [0.29, 0.717) is 0 Å². The second kappa shape index (κ2) is 11.1. The van der Waals surface area contributed by atoms with E-state index in [4.69, 9.17) is 4.74 Å². The maximum atomic E-state index is 13.4. The highest BCUT2D eigenvalue weighted by molar-refractivity contribution is 5.97. The lowest BCUT2D eigenvalue weighted by Gasteiger charge is -2.26. The molecule has 184 valence electrons. The first-order chi connectivity index (χ1) is 17.6. The Kier molecular flexibility index (Phi) is 7.45. The van der Waals surface area contributed by atoms with Crippen LogP contribution >= 0.6 is 0 Å². The number of benzene rings is 4. The zero-order chi connectivity index (χ0) is 24.9. The summed E-state index contributed by atoms with van der Waals surface area (Å²) in [6, 6.07) is 29.4. The molecule has 1 atom stereocenters. The lowest BCUT2D eigenvalue weighted by molar-refractivity contribution is 0.0384. The molecule has 1 aliphatic rings. The van der Waals surface area contributed by atoms with Gasteiger partial charge in [-0.2, -0.15) is 0 Å². The van der Waals surface area contributed by atoms with E-state index >= 15 is 0 Å². The van der Waals surface area contributed by atoms with Crippen molar-refractivity contribution in [3.05, 3.63) is 107 Å². The summed E-state index contributed by atoms with van der Waals surface area (Å²) >= 11 is 0. The number of morpholine rings is 1. The van der Waals surface area contributed by atoms with Crippen LogP contribution < -0.4 is 5.32 Å². The molecule has 0 saturated carbocycles. The summed E-state index contributed by atoms with van der Waals surface area (Å²) in [4.78, 5) is 15.8. The Morgan fingerprint density at radius 3 is 2.53 bits per heavy atom. The highest BCUT2D eigenvalue weighted by Gasteiger charge is 2.16. The van der Waals surface area contributed by atoms with Gasteiger partial charge in [0.1, 0.15) is 0 Å². The van der Waals surface area contributed by atoms with Crippen LogP contribution in [0.3, 0.4) is 0 Å². The second-order valence-electron chi connectivity index (χ2n) is 9.70. The zero-order valence-electron chi connectivity index (χ0n) is 21.2. The summed E-state index contributed by atoms with van der Waals surface area (Å²) in [5.41, 5.74) is 6.35. The Morgan fingerprint density at radius 2 is 1.67 bits per heavy atom. The van der Waals surface area contributed by atoms with E-state index < -0.39 is 0 Å². The van der Waals surface area contributed by atoms with E-state index in [2.05, 4.69) is 77.8 Å². The maximum absolute atomic E-state index is 13.4. The Bertz CT molecular complexity index is 1350. The van der Waals surface area contributed by atoms with E-state index in [9.17, 15) is 4.79 Å². The Labute approximate surface area is 213 Å². The molecule has 4 nitrogen and oxygen atoms in total. The number of amides is 1. The van der Waals surface area contributed by atoms with Gasteiger partial charge in [-0.1, -0.05) is 78.9 Å². The van der Waals surface area contributed by atoms with E-state index in [-0.39, 0.29) is 11.9 Å². The van der Waals surface area contributed by atoms with Crippen molar-refractivity contribution in [1.82, 2.24) is 10.2 Å². The molecule has 4 aromatic carbocycles. The molecule has 4 aromatic rings. The number of nitrogens with zero attached hydrogens (tertiary/aromatic N) is 1. The molecule has 1 fully saturated rings. The molecule has 0 spiro atoms. The molecule has 1 amide bonds. The van der Waals surface area contributed by atoms with Crippen LogP contribution in [-0.2, 0) is 11.2 Å². The minimum atomic E-state index is -0.102. The number of hydrogen-bond acceptors (Lipinski definition) is 3. The van der Waals surface area contributed by atoms with Crippen LogP contribution in [0.15, 0.2) is 84.9 Å². The monoisotopic (exact) mass is 478 g/mol. The molecule has 1 heterocycles. The van der Waals surface area contributed by atoms with Crippen molar-refractivity contribution in [3.8, 4) is 11.1 Å². The van der Waals surface area contributed by atoms with Gasteiger partial charge in [0.05, 0.1) is 19.3 Å². The summed E-state index contributed by atoms with van der Waals surface area (Å²) in [5, 5.41) is 5.59. The molecule has 0 radical (unpaired) electrons. The molecule has 1 N–H and O–H groups in total. The second-order valence-corrected chi connectivity index (χ2v) is 9.70. The molecule has 0 aliphatic carbocycles. The largest absolute Gasteiger partial charge is 0.379 e. The summed E-state index contributed by atoms with van der Waals surface area (Å²) in [7, 11) is 0. The van der Waals surface area contributed by atoms with E-state index in [1.54, 1.807) is 0 Å². The predicted molar refractivity (Wildman–Crippen MR) is 147 cm³/mol. The van der Waals surface area contributed by atoms with Crippen LogP contribution in [0.2, 0.25) is 0 Å². The fraction of sp³-hybridized carbons (Fsp3) is 0.281. The topological polar surface area (TPSA) is 41.6 Å². The Hall–Kier alpha value is -3.47. The number of nitrogens with one attached hydrogen (secondary N) is 1. The first kappa shape index (κ1) is 24.2. The average molecular weight is 479 g/mol. The number of fused-ring (bicyclic) bond motifs is 1. The van der Waals surface area contributed by atoms with Gasteiger partial charge in [-0.05, 0) is 64.9 Å². The Balaban J connectivity index is 1.32. The third-order valence-electron chi connectivity index (χ3n) is 7.20. The van der Waals surface area contributed by atoms with Crippen LogP contribution in [0, 0.1) is 6.92 Å². The van der Waals surface area contributed by atoms with E-state index in [1.807, 2.05) is 31.2 Å². The molecule has 1 saturated heterocycles. The van der Waals surface area contributed by atoms with Crippen molar-refractivity contribution < 1.29 is 9.53 Å². The Morgan fingerprint density at radius 1 is 0.917 bits per heavy atom. The number of carbonyl (C=O) groups is 1. The molecule has 5 rings (SSSR count). The van der Waals surface area contributed by atoms with Crippen LogP contribution in [0.1, 0.15) is 40.0 Å². The van der Waals surface area contributed by atoms with E-state index in [1.165, 1.54) is 16.3 Å². The van der Waals surface area contributed by atoms with Gasteiger partial charge in [0.25, 0.3) is 5.91 Å².